The molecule has 0 aliphatic carbocycles. The number of aryl methyl sites for hydroxylation is 2. The zero-order valence-electron chi connectivity index (χ0n) is 17.0. The molecule has 0 atom stereocenters. The average Bonchev–Trinajstić information content (AvgIpc) is 3.52. The fraction of sp³-hybridized carbons (Fsp3) is 0.130. The second-order valence-electron chi connectivity index (χ2n) is 6.98. The van der Waals surface area contributed by atoms with Crippen LogP contribution >= 0.6 is 11.8 Å². The Morgan fingerprint density at radius 2 is 1.71 bits per heavy atom. The third-order valence-corrected chi connectivity index (χ3v) is 5.84. The number of thioether (sulfide) groups is 1. The number of benzene rings is 2. The molecule has 0 aliphatic heterocycles. The van der Waals surface area contributed by atoms with Crippen LogP contribution in [0.1, 0.15) is 17.2 Å². The van der Waals surface area contributed by atoms with Gasteiger partial charge in [0.2, 0.25) is 11.7 Å². The predicted molar refractivity (Wildman–Crippen MR) is 118 cm³/mol. The van der Waals surface area contributed by atoms with Gasteiger partial charge in [-0.25, -0.2) is 0 Å². The summed E-state index contributed by atoms with van der Waals surface area (Å²) in [5.74, 6) is 3.13. The average molecular weight is 430 g/mol. The van der Waals surface area contributed by atoms with E-state index in [4.69, 9.17) is 8.94 Å². The Labute approximate surface area is 183 Å². The first-order chi connectivity index (χ1) is 15.2. The Morgan fingerprint density at radius 3 is 2.48 bits per heavy atom. The molecule has 5 rings (SSSR count). The van der Waals surface area contributed by atoms with Crippen molar-refractivity contribution in [1.82, 2.24) is 24.9 Å². The molecule has 0 bridgehead atoms. The van der Waals surface area contributed by atoms with Crippen molar-refractivity contribution < 1.29 is 8.94 Å². The van der Waals surface area contributed by atoms with E-state index >= 15 is 0 Å². The quantitative estimate of drug-likeness (QED) is 0.330. The van der Waals surface area contributed by atoms with E-state index in [2.05, 4.69) is 20.3 Å². The van der Waals surface area contributed by atoms with Crippen LogP contribution in [0.4, 0.5) is 0 Å². The van der Waals surface area contributed by atoms with Crippen molar-refractivity contribution in [2.75, 3.05) is 0 Å². The predicted octanol–water partition coefficient (Wildman–Crippen LogP) is 5.49. The molecule has 0 saturated carbocycles. The highest BCUT2D eigenvalue weighted by molar-refractivity contribution is 7.98. The summed E-state index contributed by atoms with van der Waals surface area (Å²) in [6.45, 7) is 3.94. The van der Waals surface area contributed by atoms with Gasteiger partial charge in [0, 0.05) is 11.3 Å². The van der Waals surface area contributed by atoms with Gasteiger partial charge in [-0.2, -0.15) is 4.98 Å². The van der Waals surface area contributed by atoms with Crippen molar-refractivity contribution in [1.29, 1.82) is 0 Å². The molecule has 0 spiro atoms. The molecular formula is C23H19N5O2S. The Balaban J connectivity index is 1.45. The molecule has 0 unspecified atom stereocenters. The van der Waals surface area contributed by atoms with E-state index in [1.54, 1.807) is 6.26 Å². The first-order valence-corrected chi connectivity index (χ1v) is 10.8. The Morgan fingerprint density at radius 1 is 0.903 bits per heavy atom. The summed E-state index contributed by atoms with van der Waals surface area (Å²) in [4.78, 5) is 4.56. The van der Waals surface area contributed by atoms with Gasteiger partial charge in [-0.05, 0) is 37.6 Å². The van der Waals surface area contributed by atoms with Gasteiger partial charge in [0.25, 0.3) is 0 Å². The summed E-state index contributed by atoms with van der Waals surface area (Å²) in [6, 6.07) is 19.9. The van der Waals surface area contributed by atoms with E-state index < -0.39 is 0 Å². The summed E-state index contributed by atoms with van der Waals surface area (Å²) in [5.41, 5.74) is 3.94. The minimum Gasteiger partial charge on any atom is -0.469 e. The van der Waals surface area contributed by atoms with Crippen LogP contribution in [-0.4, -0.2) is 24.9 Å². The lowest BCUT2D eigenvalue weighted by atomic mass is 10.1. The van der Waals surface area contributed by atoms with E-state index in [-0.39, 0.29) is 0 Å². The first kappa shape index (κ1) is 19.3. The lowest BCUT2D eigenvalue weighted by Crippen LogP contribution is -1.99. The number of aromatic nitrogens is 5. The van der Waals surface area contributed by atoms with Crippen molar-refractivity contribution in [2.24, 2.45) is 0 Å². The number of hydrogen-bond acceptors (Lipinski definition) is 7. The first-order valence-electron chi connectivity index (χ1n) is 9.77. The van der Waals surface area contributed by atoms with Crippen LogP contribution in [0.25, 0.3) is 28.5 Å². The molecule has 0 N–H and O–H groups in total. The SMILES string of the molecule is Cc1ccccc1-c1noc(CSc2nnc(-c3ccoc3C)n2-c2ccccc2)n1. The van der Waals surface area contributed by atoms with Crippen LogP contribution in [0, 0.1) is 13.8 Å². The Hall–Kier alpha value is -3.65. The highest BCUT2D eigenvalue weighted by Crippen LogP contribution is 2.31. The number of furan rings is 1. The standard InChI is InChI=1S/C23H19N5O2S/c1-15-8-6-7-11-18(15)21-24-20(30-27-21)14-31-23-26-25-22(19-12-13-29-16(19)2)28(23)17-9-4-3-5-10-17/h3-13H,14H2,1-2H3. The zero-order valence-corrected chi connectivity index (χ0v) is 17.8. The van der Waals surface area contributed by atoms with Crippen molar-refractivity contribution in [3.05, 3.63) is 84.1 Å². The van der Waals surface area contributed by atoms with Gasteiger partial charge in [0.1, 0.15) is 5.76 Å². The largest absolute Gasteiger partial charge is 0.469 e. The molecule has 8 heteroatoms. The monoisotopic (exact) mass is 429 g/mol. The summed E-state index contributed by atoms with van der Waals surface area (Å²) in [6.07, 6.45) is 1.66. The van der Waals surface area contributed by atoms with Gasteiger partial charge in [0.05, 0.1) is 17.6 Å². The number of rotatable bonds is 6. The maximum atomic E-state index is 5.49. The maximum Gasteiger partial charge on any atom is 0.237 e. The fourth-order valence-corrected chi connectivity index (χ4v) is 4.13. The fourth-order valence-electron chi connectivity index (χ4n) is 3.34. The molecule has 0 radical (unpaired) electrons. The second kappa shape index (κ2) is 8.23. The van der Waals surface area contributed by atoms with Crippen LogP contribution < -0.4 is 0 Å². The molecular weight excluding hydrogens is 410 g/mol. The Bertz CT molecular complexity index is 1320. The molecule has 0 aliphatic rings. The summed E-state index contributed by atoms with van der Waals surface area (Å²) in [5, 5.41) is 13.7. The lowest BCUT2D eigenvalue weighted by Gasteiger charge is -2.09. The molecule has 31 heavy (non-hydrogen) atoms. The molecule has 7 nitrogen and oxygen atoms in total. The van der Waals surface area contributed by atoms with Crippen LogP contribution in [-0.2, 0) is 5.75 Å². The molecule has 0 amide bonds. The highest BCUT2D eigenvalue weighted by Gasteiger charge is 2.20. The minimum atomic E-state index is 0.480. The highest BCUT2D eigenvalue weighted by atomic mass is 32.2. The van der Waals surface area contributed by atoms with E-state index in [9.17, 15) is 0 Å². The zero-order chi connectivity index (χ0) is 21.2. The smallest absolute Gasteiger partial charge is 0.237 e. The van der Waals surface area contributed by atoms with Gasteiger partial charge >= 0.3 is 0 Å². The third kappa shape index (κ3) is 3.77. The molecule has 2 aromatic carbocycles. The second-order valence-corrected chi connectivity index (χ2v) is 7.93. The normalized spacial score (nSPS) is 11.2. The number of hydrogen-bond donors (Lipinski definition) is 0. The minimum absolute atomic E-state index is 0.480. The van der Waals surface area contributed by atoms with Crippen molar-refractivity contribution >= 4 is 11.8 Å². The maximum absolute atomic E-state index is 5.49. The van der Waals surface area contributed by atoms with Crippen LogP contribution in [0.5, 0.6) is 0 Å². The number of para-hydroxylation sites is 1. The molecule has 154 valence electrons. The number of nitrogens with zero attached hydrogens (tertiary/aromatic N) is 5. The van der Waals surface area contributed by atoms with Crippen molar-refractivity contribution in [2.45, 2.75) is 24.8 Å². The molecule has 3 heterocycles. The van der Waals surface area contributed by atoms with Gasteiger partial charge in [-0.1, -0.05) is 59.4 Å². The molecule has 3 aromatic heterocycles. The molecule has 0 fully saturated rings. The van der Waals surface area contributed by atoms with E-state index in [1.807, 2.05) is 79.1 Å². The lowest BCUT2D eigenvalue weighted by molar-refractivity contribution is 0.391. The van der Waals surface area contributed by atoms with E-state index in [0.717, 1.165) is 39.1 Å². The van der Waals surface area contributed by atoms with Crippen LogP contribution in [0.2, 0.25) is 0 Å². The third-order valence-electron chi connectivity index (χ3n) is 4.93. The van der Waals surface area contributed by atoms with Crippen molar-refractivity contribution in [3.8, 4) is 28.5 Å². The van der Waals surface area contributed by atoms with Gasteiger partial charge < -0.3 is 8.94 Å². The van der Waals surface area contributed by atoms with Gasteiger partial charge in [-0.3, -0.25) is 4.57 Å². The van der Waals surface area contributed by atoms with Crippen molar-refractivity contribution in [3.63, 3.8) is 0 Å². The van der Waals surface area contributed by atoms with E-state index in [0.29, 0.717) is 17.5 Å². The molecule has 5 aromatic rings. The van der Waals surface area contributed by atoms with Crippen LogP contribution in [0.3, 0.4) is 0 Å². The summed E-state index contributed by atoms with van der Waals surface area (Å²) < 4.78 is 13.0. The molecule has 0 saturated heterocycles. The summed E-state index contributed by atoms with van der Waals surface area (Å²) in [7, 11) is 0. The van der Waals surface area contributed by atoms with Crippen LogP contribution in [0.15, 0.2) is 81.0 Å². The Kier molecular flexibility index (Phi) is 5.13. The topological polar surface area (TPSA) is 82.8 Å². The van der Waals surface area contributed by atoms with E-state index in [1.165, 1.54) is 11.8 Å². The van der Waals surface area contributed by atoms with Gasteiger partial charge in [-0.15, -0.1) is 10.2 Å². The van der Waals surface area contributed by atoms with Gasteiger partial charge in [0.15, 0.2) is 11.0 Å². The summed E-state index contributed by atoms with van der Waals surface area (Å²) >= 11 is 1.49.